The molecule has 0 saturated heterocycles. The molecule has 2 aromatic carbocycles. The summed E-state index contributed by atoms with van der Waals surface area (Å²) in [6.07, 6.45) is 4.80. The lowest BCUT2D eigenvalue weighted by Crippen LogP contribution is -2.22. The number of rotatable bonds is 5. The molecule has 4 nitrogen and oxygen atoms in total. The van der Waals surface area contributed by atoms with E-state index in [1.165, 1.54) is 12.8 Å². The van der Waals surface area contributed by atoms with Crippen molar-refractivity contribution in [1.29, 1.82) is 0 Å². The van der Waals surface area contributed by atoms with Crippen molar-refractivity contribution in [3.8, 4) is 5.75 Å². The van der Waals surface area contributed by atoms with E-state index < -0.39 is 11.7 Å². The van der Waals surface area contributed by atoms with Crippen molar-refractivity contribution >= 4 is 17.4 Å². The molecule has 1 amide bonds. The molecule has 0 aliphatic heterocycles. The van der Waals surface area contributed by atoms with Crippen LogP contribution < -0.4 is 10.1 Å². The molecule has 3 rings (SSSR count). The molecule has 124 valence electrons. The van der Waals surface area contributed by atoms with Gasteiger partial charge < -0.3 is 10.1 Å². The van der Waals surface area contributed by atoms with E-state index in [4.69, 9.17) is 4.74 Å². The first-order valence-corrected chi connectivity index (χ1v) is 8.31. The standard InChI is InChI=1S/C20H21NO3/c1-14-9-11-15(12-10-14)19(22)20(23)21-16-5-4-8-18(13-16)24-17-6-2-3-7-17/h4-5,8-13,17H,2-3,6-7H2,1H3,(H,21,23). The van der Waals surface area contributed by atoms with Crippen LogP contribution >= 0.6 is 0 Å². The lowest BCUT2D eigenvalue weighted by Gasteiger charge is -2.14. The van der Waals surface area contributed by atoms with Crippen LogP contribution in [0.2, 0.25) is 0 Å². The lowest BCUT2D eigenvalue weighted by molar-refractivity contribution is -0.112. The van der Waals surface area contributed by atoms with Gasteiger partial charge in [-0.3, -0.25) is 9.59 Å². The second-order valence-corrected chi connectivity index (χ2v) is 6.20. The number of hydrogen-bond donors (Lipinski definition) is 1. The van der Waals surface area contributed by atoms with E-state index in [2.05, 4.69) is 5.32 Å². The highest BCUT2D eigenvalue weighted by Crippen LogP contribution is 2.25. The summed E-state index contributed by atoms with van der Waals surface area (Å²) in [6, 6.07) is 14.2. The van der Waals surface area contributed by atoms with Crippen LogP contribution in [0.3, 0.4) is 0 Å². The van der Waals surface area contributed by atoms with Gasteiger partial charge in [-0.05, 0) is 44.7 Å². The highest BCUT2D eigenvalue weighted by molar-refractivity contribution is 6.46. The molecule has 0 spiro atoms. The molecule has 0 unspecified atom stereocenters. The van der Waals surface area contributed by atoms with Crippen molar-refractivity contribution < 1.29 is 14.3 Å². The van der Waals surface area contributed by atoms with E-state index in [9.17, 15) is 9.59 Å². The lowest BCUT2D eigenvalue weighted by atomic mass is 10.1. The molecule has 0 radical (unpaired) electrons. The third-order valence-corrected chi connectivity index (χ3v) is 4.22. The van der Waals surface area contributed by atoms with E-state index >= 15 is 0 Å². The van der Waals surface area contributed by atoms with Gasteiger partial charge in [0.05, 0.1) is 6.10 Å². The minimum absolute atomic E-state index is 0.255. The van der Waals surface area contributed by atoms with Crippen molar-refractivity contribution in [1.82, 2.24) is 0 Å². The van der Waals surface area contributed by atoms with Crippen LogP contribution in [0.1, 0.15) is 41.6 Å². The van der Waals surface area contributed by atoms with Crippen molar-refractivity contribution in [2.45, 2.75) is 38.7 Å². The van der Waals surface area contributed by atoms with Gasteiger partial charge in [-0.15, -0.1) is 0 Å². The molecule has 0 aromatic heterocycles. The number of carbonyl (C=O) groups excluding carboxylic acids is 2. The molecule has 4 heteroatoms. The average Bonchev–Trinajstić information content (AvgIpc) is 3.08. The highest BCUT2D eigenvalue weighted by Gasteiger charge is 2.18. The molecule has 1 aliphatic rings. The van der Waals surface area contributed by atoms with Gasteiger partial charge in [-0.1, -0.05) is 35.9 Å². The summed E-state index contributed by atoms with van der Waals surface area (Å²) in [7, 11) is 0. The molecule has 0 atom stereocenters. The molecule has 2 aromatic rings. The fourth-order valence-corrected chi connectivity index (χ4v) is 2.87. The second kappa shape index (κ2) is 7.30. The van der Waals surface area contributed by atoms with Crippen LogP contribution in [0, 0.1) is 6.92 Å². The first-order chi connectivity index (χ1) is 11.6. The van der Waals surface area contributed by atoms with Gasteiger partial charge in [0.15, 0.2) is 0 Å². The summed E-state index contributed by atoms with van der Waals surface area (Å²) in [5, 5.41) is 2.65. The zero-order valence-corrected chi connectivity index (χ0v) is 13.7. The Labute approximate surface area is 141 Å². The Hall–Kier alpha value is -2.62. The minimum atomic E-state index is -0.642. The van der Waals surface area contributed by atoms with Gasteiger partial charge in [0.2, 0.25) is 0 Å². The zero-order valence-electron chi connectivity index (χ0n) is 13.7. The summed E-state index contributed by atoms with van der Waals surface area (Å²) in [5.41, 5.74) is 2.00. The third-order valence-electron chi connectivity index (χ3n) is 4.22. The fourth-order valence-electron chi connectivity index (χ4n) is 2.87. The van der Waals surface area contributed by atoms with Crippen LogP contribution in [-0.4, -0.2) is 17.8 Å². The average molecular weight is 323 g/mol. The van der Waals surface area contributed by atoms with Crippen LogP contribution in [0.4, 0.5) is 5.69 Å². The Bertz CT molecular complexity index is 731. The molecule has 1 aliphatic carbocycles. The van der Waals surface area contributed by atoms with Crippen LogP contribution in [-0.2, 0) is 4.79 Å². The van der Waals surface area contributed by atoms with Crippen molar-refractivity contribution in [2.75, 3.05) is 5.32 Å². The van der Waals surface area contributed by atoms with E-state index in [1.807, 2.05) is 31.2 Å². The SMILES string of the molecule is Cc1ccc(C(=O)C(=O)Nc2cccc(OC3CCCC3)c2)cc1. The first kappa shape index (κ1) is 16.2. The Morgan fingerprint density at radius 2 is 1.75 bits per heavy atom. The Kier molecular flexibility index (Phi) is 4.94. The van der Waals surface area contributed by atoms with Crippen LogP contribution in [0.5, 0.6) is 5.75 Å². The Balaban J connectivity index is 1.65. The number of anilines is 1. The number of benzene rings is 2. The van der Waals surface area contributed by atoms with Gasteiger partial charge in [-0.2, -0.15) is 0 Å². The number of hydrogen-bond acceptors (Lipinski definition) is 3. The van der Waals surface area contributed by atoms with Gasteiger partial charge in [0, 0.05) is 17.3 Å². The number of amides is 1. The van der Waals surface area contributed by atoms with Gasteiger partial charge in [-0.25, -0.2) is 0 Å². The quantitative estimate of drug-likeness (QED) is 0.664. The van der Waals surface area contributed by atoms with Gasteiger partial charge in [0.25, 0.3) is 11.7 Å². The molecular formula is C20H21NO3. The molecule has 24 heavy (non-hydrogen) atoms. The predicted octanol–water partition coefficient (Wildman–Crippen LogP) is 4.14. The number of ketones is 1. The first-order valence-electron chi connectivity index (χ1n) is 8.31. The second-order valence-electron chi connectivity index (χ2n) is 6.20. The third kappa shape index (κ3) is 4.02. The molecule has 1 N–H and O–H groups in total. The number of nitrogens with one attached hydrogen (secondary N) is 1. The topological polar surface area (TPSA) is 55.4 Å². The van der Waals surface area contributed by atoms with E-state index in [-0.39, 0.29) is 6.10 Å². The maximum absolute atomic E-state index is 12.2. The predicted molar refractivity (Wildman–Crippen MR) is 93.5 cm³/mol. The number of ether oxygens (including phenoxy) is 1. The normalized spacial score (nSPS) is 14.4. The summed E-state index contributed by atoms with van der Waals surface area (Å²) in [5.74, 6) is -0.462. The fraction of sp³-hybridized carbons (Fsp3) is 0.300. The summed E-state index contributed by atoms with van der Waals surface area (Å²) < 4.78 is 5.92. The summed E-state index contributed by atoms with van der Waals surface area (Å²) >= 11 is 0. The van der Waals surface area contributed by atoms with E-state index in [1.54, 1.807) is 24.3 Å². The monoisotopic (exact) mass is 323 g/mol. The molecular weight excluding hydrogens is 302 g/mol. The number of Topliss-reactive ketones (excluding diaryl/α,β-unsaturated/α-hetero) is 1. The summed E-state index contributed by atoms with van der Waals surface area (Å²) in [4.78, 5) is 24.3. The molecule has 1 saturated carbocycles. The molecule has 0 heterocycles. The smallest absolute Gasteiger partial charge is 0.296 e. The van der Waals surface area contributed by atoms with Crippen molar-refractivity contribution in [2.24, 2.45) is 0 Å². The maximum Gasteiger partial charge on any atom is 0.296 e. The molecule has 0 bridgehead atoms. The highest BCUT2D eigenvalue weighted by atomic mass is 16.5. The van der Waals surface area contributed by atoms with Gasteiger partial charge in [0.1, 0.15) is 5.75 Å². The number of aryl methyl sites for hydroxylation is 1. The van der Waals surface area contributed by atoms with Crippen molar-refractivity contribution in [3.05, 3.63) is 59.7 Å². The minimum Gasteiger partial charge on any atom is -0.490 e. The Morgan fingerprint density at radius 1 is 1.04 bits per heavy atom. The maximum atomic E-state index is 12.2. The number of carbonyl (C=O) groups is 2. The van der Waals surface area contributed by atoms with Crippen molar-refractivity contribution in [3.63, 3.8) is 0 Å². The van der Waals surface area contributed by atoms with Crippen LogP contribution in [0.15, 0.2) is 48.5 Å². The van der Waals surface area contributed by atoms with Gasteiger partial charge >= 0.3 is 0 Å². The van der Waals surface area contributed by atoms with Crippen LogP contribution in [0.25, 0.3) is 0 Å². The van der Waals surface area contributed by atoms with E-state index in [0.29, 0.717) is 11.3 Å². The molecule has 1 fully saturated rings. The summed E-state index contributed by atoms with van der Waals surface area (Å²) in [6.45, 7) is 1.93. The van der Waals surface area contributed by atoms with E-state index in [0.717, 1.165) is 24.2 Å². The largest absolute Gasteiger partial charge is 0.490 e. The zero-order chi connectivity index (χ0) is 16.9. The Morgan fingerprint density at radius 3 is 2.46 bits per heavy atom.